The minimum atomic E-state index is 0.642. The number of nitrogens with zero attached hydrogens (tertiary/aromatic N) is 3. The van der Waals surface area contributed by atoms with Gasteiger partial charge in [-0.15, -0.1) is 5.10 Å². The molecule has 2 rings (SSSR count). The van der Waals surface area contributed by atoms with Crippen molar-refractivity contribution in [3.05, 3.63) is 42.0 Å². The van der Waals surface area contributed by atoms with Crippen LogP contribution in [0.5, 0.6) is 0 Å². The molecular formula is C15H22N4O. The second kappa shape index (κ2) is 7.05. The molecule has 0 unspecified atom stereocenters. The molecule has 0 spiro atoms. The van der Waals surface area contributed by atoms with Crippen LogP contribution in [-0.2, 0) is 13.1 Å². The first kappa shape index (κ1) is 14.5. The van der Waals surface area contributed by atoms with Gasteiger partial charge in [-0.25, -0.2) is 0 Å². The summed E-state index contributed by atoms with van der Waals surface area (Å²) in [4.78, 5) is 2.04. The van der Waals surface area contributed by atoms with Crippen LogP contribution in [0.3, 0.4) is 0 Å². The van der Waals surface area contributed by atoms with Crippen LogP contribution in [0.1, 0.15) is 25.1 Å². The van der Waals surface area contributed by atoms with Crippen molar-refractivity contribution < 1.29 is 4.42 Å². The van der Waals surface area contributed by atoms with E-state index in [-0.39, 0.29) is 0 Å². The topological polar surface area (TPSA) is 54.2 Å². The van der Waals surface area contributed by atoms with Crippen LogP contribution < -0.4 is 10.2 Å². The highest BCUT2D eigenvalue weighted by atomic mass is 16.3. The molecule has 0 radical (unpaired) electrons. The fraction of sp³-hybridized carbons (Fsp3) is 0.467. The van der Waals surface area contributed by atoms with Gasteiger partial charge in [-0.2, -0.15) is 5.10 Å². The van der Waals surface area contributed by atoms with Crippen LogP contribution in [0, 0.1) is 5.92 Å². The lowest BCUT2D eigenvalue weighted by Gasteiger charge is -2.16. The lowest BCUT2D eigenvalue weighted by Crippen LogP contribution is -2.21. The molecule has 0 aliphatic rings. The molecule has 0 aliphatic heterocycles. The molecule has 0 atom stereocenters. The normalized spacial score (nSPS) is 11.0. The lowest BCUT2D eigenvalue weighted by molar-refractivity contribution is 0.546. The maximum absolute atomic E-state index is 5.06. The molecule has 0 amide bonds. The van der Waals surface area contributed by atoms with E-state index in [1.165, 1.54) is 0 Å². The van der Waals surface area contributed by atoms with Gasteiger partial charge in [-0.1, -0.05) is 13.8 Å². The molecule has 0 fully saturated rings. The smallest absolute Gasteiger partial charge is 0.151 e. The standard InChI is InChI=1S/C15H22N4O/c1-12(2)8-16-9-14-4-5-15(18-17-14)19(3)10-13-6-7-20-11-13/h4-7,11-12,16H,8-10H2,1-3H3. The predicted octanol–water partition coefficient (Wildman–Crippen LogP) is 2.45. The maximum atomic E-state index is 5.06. The summed E-state index contributed by atoms with van der Waals surface area (Å²) in [5, 5.41) is 11.9. The molecule has 0 aliphatic carbocycles. The number of furan rings is 1. The number of hydrogen-bond donors (Lipinski definition) is 1. The zero-order valence-corrected chi connectivity index (χ0v) is 12.3. The minimum absolute atomic E-state index is 0.642. The van der Waals surface area contributed by atoms with Gasteiger partial charge in [0.15, 0.2) is 5.82 Å². The average molecular weight is 274 g/mol. The Morgan fingerprint density at radius 3 is 2.70 bits per heavy atom. The molecule has 0 bridgehead atoms. The van der Waals surface area contributed by atoms with E-state index in [1.807, 2.05) is 30.1 Å². The highest BCUT2D eigenvalue weighted by molar-refractivity contribution is 5.37. The zero-order valence-electron chi connectivity index (χ0n) is 12.3. The highest BCUT2D eigenvalue weighted by Crippen LogP contribution is 2.12. The van der Waals surface area contributed by atoms with Gasteiger partial charge in [-0.3, -0.25) is 0 Å². The van der Waals surface area contributed by atoms with Crippen LogP contribution in [0.2, 0.25) is 0 Å². The Kier molecular flexibility index (Phi) is 5.12. The van der Waals surface area contributed by atoms with E-state index in [0.717, 1.165) is 36.7 Å². The Morgan fingerprint density at radius 1 is 1.25 bits per heavy atom. The fourth-order valence-corrected chi connectivity index (χ4v) is 1.88. The third-order valence-electron chi connectivity index (χ3n) is 2.96. The van der Waals surface area contributed by atoms with Crippen LogP contribution in [0.4, 0.5) is 5.82 Å². The van der Waals surface area contributed by atoms with Crippen molar-refractivity contribution in [3.8, 4) is 0 Å². The highest BCUT2D eigenvalue weighted by Gasteiger charge is 2.05. The van der Waals surface area contributed by atoms with Gasteiger partial charge >= 0.3 is 0 Å². The van der Waals surface area contributed by atoms with Crippen molar-refractivity contribution >= 4 is 5.82 Å². The first-order valence-corrected chi connectivity index (χ1v) is 6.90. The summed E-state index contributed by atoms with van der Waals surface area (Å²) < 4.78 is 5.06. The fourth-order valence-electron chi connectivity index (χ4n) is 1.88. The van der Waals surface area contributed by atoms with Crippen LogP contribution in [0.15, 0.2) is 35.1 Å². The molecule has 0 saturated heterocycles. The van der Waals surface area contributed by atoms with Gasteiger partial charge in [0, 0.05) is 25.7 Å². The van der Waals surface area contributed by atoms with E-state index in [0.29, 0.717) is 5.92 Å². The van der Waals surface area contributed by atoms with E-state index >= 15 is 0 Å². The quantitative estimate of drug-likeness (QED) is 0.840. The molecular weight excluding hydrogens is 252 g/mol. The summed E-state index contributed by atoms with van der Waals surface area (Å²) in [6, 6.07) is 5.97. The number of hydrogen-bond acceptors (Lipinski definition) is 5. The number of nitrogens with one attached hydrogen (secondary N) is 1. The van der Waals surface area contributed by atoms with E-state index in [4.69, 9.17) is 4.42 Å². The minimum Gasteiger partial charge on any atom is -0.472 e. The van der Waals surface area contributed by atoms with Gasteiger partial charge in [0.1, 0.15) is 0 Å². The predicted molar refractivity (Wildman–Crippen MR) is 79.4 cm³/mol. The largest absolute Gasteiger partial charge is 0.472 e. The number of aromatic nitrogens is 2. The second-order valence-corrected chi connectivity index (χ2v) is 5.40. The lowest BCUT2D eigenvalue weighted by atomic mass is 10.2. The van der Waals surface area contributed by atoms with Crippen LogP contribution in [-0.4, -0.2) is 23.8 Å². The Bertz CT molecular complexity index is 493. The summed E-state index contributed by atoms with van der Waals surface area (Å²) in [5.41, 5.74) is 2.09. The van der Waals surface area contributed by atoms with Crippen LogP contribution >= 0.6 is 0 Å². The second-order valence-electron chi connectivity index (χ2n) is 5.40. The van der Waals surface area contributed by atoms with Gasteiger partial charge < -0.3 is 14.6 Å². The van der Waals surface area contributed by atoms with Crippen molar-refractivity contribution in [1.29, 1.82) is 0 Å². The number of rotatable bonds is 7. The summed E-state index contributed by atoms with van der Waals surface area (Å²) >= 11 is 0. The van der Waals surface area contributed by atoms with Gasteiger partial charge in [-0.05, 0) is 30.7 Å². The summed E-state index contributed by atoms with van der Waals surface area (Å²) in [6.07, 6.45) is 3.42. The van der Waals surface area contributed by atoms with E-state index < -0.39 is 0 Å². The molecule has 2 heterocycles. The van der Waals surface area contributed by atoms with E-state index in [9.17, 15) is 0 Å². The van der Waals surface area contributed by atoms with E-state index in [1.54, 1.807) is 12.5 Å². The third-order valence-corrected chi connectivity index (χ3v) is 2.96. The van der Waals surface area contributed by atoms with Crippen molar-refractivity contribution in [2.75, 3.05) is 18.5 Å². The Morgan fingerprint density at radius 2 is 2.10 bits per heavy atom. The SMILES string of the molecule is CC(C)CNCc1ccc(N(C)Cc2ccoc2)nn1. The van der Waals surface area contributed by atoms with Gasteiger partial charge in [0.25, 0.3) is 0 Å². The maximum Gasteiger partial charge on any atom is 0.151 e. The van der Waals surface area contributed by atoms with Crippen molar-refractivity contribution in [1.82, 2.24) is 15.5 Å². The Hall–Kier alpha value is -1.88. The molecule has 20 heavy (non-hydrogen) atoms. The van der Waals surface area contributed by atoms with Crippen molar-refractivity contribution in [2.45, 2.75) is 26.9 Å². The van der Waals surface area contributed by atoms with Gasteiger partial charge in [0.05, 0.1) is 18.2 Å². The molecule has 1 N–H and O–H groups in total. The summed E-state index contributed by atoms with van der Waals surface area (Å²) in [7, 11) is 1.99. The molecule has 0 saturated carbocycles. The van der Waals surface area contributed by atoms with Crippen LogP contribution in [0.25, 0.3) is 0 Å². The summed E-state index contributed by atoms with van der Waals surface area (Å²) in [5.74, 6) is 1.50. The Labute approximate surface area is 120 Å². The Balaban J connectivity index is 1.87. The monoisotopic (exact) mass is 274 g/mol. The van der Waals surface area contributed by atoms with E-state index in [2.05, 4.69) is 29.4 Å². The van der Waals surface area contributed by atoms with Gasteiger partial charge in [0.2, 0.25) is 0 Å². The molecule has 5 nitrogen and oxygen atoms in total. The molecule has 108 valence electrons. The number of anilines is 1. The van der Waals surface area contributed by atoms with Crippen molar-refractivity contribution in [3.63, 3.8) is 0 Å². The molecule has 5 heteroatoms. The summed E-state index contributed by atoms with van der Waals surface area (Å²) in [6.45, 7) is 6.88. The first-order valence-electron chi connectivity index (χ1n) is 6.90. The molecule has 2 aromatic rings. The molecule has 0 aromatic carbocycles. The third kappa shape index (κ3) is 4.35. The van der Waals surface area contributed by atoms with Crippen molar-refractivity contribution in [2.24, 2.45) is 5.92 Å². The zero-order chi connectivity index (χ0) is 14.4. The average Bonchev–Trinajstić information content (AvgIpc) is 2.92. The molecule has 2 aromatic heterocycles. The first-order chi connectivity index (χ1) is 9.65.